The van der Waals surface area contributed by atoms with Crippen molar-refractivity contribution in [2.75, 3.05) is 26.4 Å². The first-order valence-corrected chi connectivity index (χ1v) is 12.6. The van der Waals surface area contributed by atoms with Crippen molar-refractivity contribution in [3.8, 4) is 39.2 Å². The fourth-order valence-corrected chi connectivity index (χ4v) is 5.52. The number of thiophene rings is 1. The third-order valence-corrected chi connectivity index (χ3v) is 7.65. The highest BCUT2D eigenvalue weighted by Gasteiger charge is 2.26. The summed E-state index contributed by atoms with van der Waals surface area (Å²) in [5.41, 5.74) is 0.921. The van der Waals surface area contributed by atoms with E-state index in [9.17, 15) is 14.6 Å². The molecule has 2 N–H and O–H groups in total. The summed E-state index contributed by atoms with van der Waals surface area (Å²) in [5.74, 6) is 2.58. The van der Waals surface area contributed by atoms with Crippen LogP contribution in [0.15, 0.2) is 66.7 Å². The van der Waals surface area contributed by atoms with E-state index in [-0.39, 0.29) is 30.1 Å². The number of rotatable bonds is 8. The number of phenolic OH excluding ortho intramolecular Hbond substituents is 2. The molecule has 2 atom stereocenters. The van der Waals surface area contributed by atoms with Gasteiger partial charge in [0.1, 0.15) is 29.6 Å². The van der Waals surface area contributed by atoms with E-state index in [0.717, 1.165) is 45.8 Å². The third-order valence-electron chi connectivity index (χ3n) is 6.45. The molecule has 0 spiro atoms. The minimum Gasteiger partial charge on any atom is -0.508 e. The quantitative estimate of drug-likeness (QED) is 0.282. The molecule has 0 bridgehead atoms. The predicted molar refractivity (Wildman–Crippen MR) is 138 cm³/mol. The number of hydrogen-bond donors (Lipinski definition) is 2. The van der Waals surface area contributed by atoms with Crippen LogP contribution in [0.4, 0.5) is 4.39 Å². The number of ether oxygens (including phenoxy) is 2. The summed E-state index contributed by atoms with van der Waals surface area (Å²) >= 11 is 1.57. The summed E-state index contributed by atoms with van der Waals surface area (Å²) in [6.45, 7) is 4.11. The predicted octanol–water partition coefficient (Wildman–Crippen LogP) is 6.83. The second-order valence-corrected chi connectivity index (χ2v) is 10.1. The van der Waals surface area contributed by atoms with Gasteiger partial charge in [-0.15, -0.1) is 11.3 Å². The zero-order chi connectivity index (χ0) is 24.4. The normalized spacial score (nSPS) is 17.0. The van der Waals surface area contributed by atoms with Crippen LogP contribution in [0.1, 0.15) is 13.3 Å². The maximum absolute atomic E-state index is 12.9. The van der Waals surface area contributed by atoms with Gasteiger partial charge in [0.05, 0.1) is 11.6 Å². The van der Waals surface area contributed by atoms with Crippen LogP contribution < -0.4 is 9.47 Å². The summed E-state index contributed by atoms with van der Waals surface area (Å²) in [4.78, 5) is 3.20. The van der Waals surface area contributed by atoms with Gasteiger partial charge in [0.2, 0.25) is 0 Å². The fourth-order valence-electron chi connectivity index (χ4n) is 4.40. The minimum atomic E-state index is -0.251. The molecule has 5 nitrogen and oxygen atoms in total. The first-order chi connectivity index (χ1) is 17.0. The van der Waals surface area contributed by atoms with Gasteiger partial charge < -0.3 is 19.7 Å². The van der Waals surface area contributed by atoms with Crippen LogP contribution in [0.2, 0.25) is 0 Å². The third kappa shape index (κ3) is 5.21. The highest BCUT2D eigenvalue weighted by atomic mass is 32.1. The van der Waals surface area contributed by atoms with E-state index in [4.69, 9.17) is 9.47 Å². The van der Waals surface area contributed by atoms with Crippen molar-refractivity contribution in [3.05, 3.63) is 66.7 Å². The number of hydrogen-bond acceptors (Lipinski definition) is 6. The molecule has 4 aromatic rings. The van der Waals surface area contributed by atoms with E-state index in [2.05, 4.69) is 11.8 Å². The zero-order valence-electron chi connectivity index (χ0n) is 19.5. The van der Waals surface area contributed by atoms with E-state index < -0.39 is 0 Å². The highest BCUT2D eigenvalue weighted by molar-refractivity contribution is 7.22. The molecule has 0 amide bonds. The Hall–Kier alpha value is -3.29. The Morgan fingerprint density at radius 1 is 1.00 bits per heavy atom. The van der Waals surface area contributed by atoms with Crippen LogP contribution >= 0.6 is 11.3 Å². The molecule has 0 aliphatic carbocycles. The van der Waals surface area contributed by atoms with E-state index >= 15 is 0 Å². The summed E-state index contributed by atoms with van der Waals surface area (Å²) in [6.07, 6.45) is 0.911. The van der Waals surface area contributed by atoms with Crippen molar-refractivity contribution in [2.24, 2.45) is 5.92 Å². The van der Waals surface area contributed by atoms with E-state index in [1.807, 2.05) is 42.5 Å². The van der Waals surface area contributed by atoms with Crippen LogP contribution in [0, 0.1) is 5.92 Å². The van der Waals surface area contributed by atoms with Crippen LogP contribution in [0.3, 0.4) is 0 Å². The molecule has 0 radical (unpaired) electrons. The summed E-state index contributed by atoms with van der Waals surface area (Å²) in [7, 11) is 0. The number of alkyl halides is 1. The lowest BCUT2D eigenvalue weighted by molar-refractivity contribution is 0.165. The second kappa shape index (κ2) is 10.1. The zero-order valence-corrected chi connectivity index (χ0v) is 20.3. The van der Waals surface area contributed by atoms with E-state index in [1.54, 1.807) is 35.6 Å². The Morgan fingerprint density at radius 3 is 2.43 bits per heavy atom. The topological polar surface area (TPSA) is 62.2 Å². The number of phenols is 2. The van der Waals surface area contributed by atoms with Gasteiger partial charge in [-0.25, -0.2) is 0 Å². The van der Waals surface area contributed by atoms with Crippen molar-refractivity contribution in [1.82, 2.24) is 4.90 Å². The molecular formula is C28H28FNO4S. The molecule has 35 heavy (non-hydrogen) atoms. The highest BCUT2D eigenvalue weighted by Crippen LogP contribution is 2.47. The van der Waals surface area contributed by atoms with Gasteiger partial charge in [0, 0.05) is 28.6 Å². The maximum Gasteiger partial charge on any atom is 0.153 e. The van der Waals surface area contributed by atoms with Gasteiger partial charge in [-0.05, 0) is 92.2 Å². The van der Waals surface area contributed by atoms with Gasteiger partial charge >= 0.3 is 0 Å². The first-order valence-electron chi connectivity index (χ1n) is 11.8. The lowest BCUT2D eigenvalue weighted by Crippen LogP contribution is -2.35. The second-order valence-electron chi connectivity index (χ2n) is 9.03. The van der Waals surface area contributed by atoms with Gasteiger partial charge in [0.15, 0.2) is 5.75 Å². The maximum atomic E-state index is 12.9. The molecule has 2 heterocycles. The van der Waals surface area contributed by atoms with Gasteiger partial charge in [-0.3, -0.25) is 9.29 Å². The number of fused-ring (bicyclic) bond motifs is 1. The fraction of sp³-hybridized carbons (Fsp3) is 0.286. The van der Waals surface area contributed by atoms with Crippen molar-refractivity contribution in [3.63, 3.8) is 0 Å². The SMILES string of the molecule is CC(COc1ccc(Oc2c(-c3ccc(O)cc3)sc3ccc(O)cc23)cc1)N1CC[C@@H](CF)C1. The van der Waals surface area contributed by atoms with Crippen LogP contribution in [0.25, 0.3) is 20.5 Å². The molecule has 3 aromatic carbocycles. The summed E-state index contributed by atoms with van der Waals surface area (Å²) in [5, 5.41) is 20.6. The molecule has 0 saturated carbocycles. The van der Waals surface area contributed by atoms with Crippen LogP contribution in [-0.4, -0.2) is 47.5 Å². The summed E-state index contributed by atoms with van der Waals surface area (Å²) < 4.78 is 26.2. The van der Waals surface area contributed by atoms with Gasteiger partial charge in [-0.2, -0.15) is 0 Å². The van der Waals surface area contributed by atoms with E-state index in [0.29, 0.717) is 18.1 Å². The molecule has 1 fully saturated rings. The molecule has 182 valence electrons. The Labute approximate surface area is 208 Å². The standard InChI is InChI=1S/C28H28FNO4S/c1-18(30-13-12-19(15-29)16-30)17-33-23-7-9-24(10-8-23)34-27-25-14-22(32)6-11-26(25)35-28(27)20-2-4-21(31)5-3-20/h2-11,14,18-19,31-32H,12-13,15-17H2,1H3/t18?,19-/m0/s1. The molecular weight excluding hydrogens is 465 g/mol. The average molecular weight is 494 g/mol. The van der Waals surface area contributed by atoms with Crippen LogP contribution in [-0.2, 0) is 0 Å². The number of likely N-dealkylation sites (tertiary alicyclic amines) is 1. The molecule has 7 heteroatoms. The van der Waals surface area contributed by atoms with Crippen LogP contribution in [0.5, 0.6) is 28.7 Å². The first kappa shape index (κ1) is 23.5. The minimum absolute atomic E-state index is 0.149. The van der Waals surface area contributed by atoms with Gasteiger partial charge in [0.25, 0.3) is 0 Å². The molecule has 1 aromatic heterocycles. The lowest BCUT2D eigenvalue weighted by atomic mass is 10.1. The number of benzene rings is 3. The molecule has 1 saturated heterocycles. The number of aromatic hydroxyl groups is 2. The van der Waals surface area contributed by atoms with E-state index in [1.165, 1.54) is 0 Å². The van der Waals surface area contributed by atoms with Crippen molar-refractivity contribution in [1.29, 1.82) is 0 Å². The van der Waals surface area contributed by atoms with Crippen molar-refractivity contribution in [2.45, 2.75) is 19.4 Å². The molecule has 1 aliphatic heterocycles. The Morgan fingerprint density at radius 2 is 1.71 bits per heavy atom. The average Bonchev–Trinajstić information content (AvgIpc) is 3.49. The summed E-state index contributed by atoms with van der Waals surface area (Å²) in [6, 6.07) is 19.9. The lowest BCUT2D eigenvalue weighted by Gasteiger charge is -2.24. The number of nitrogens with zero attached hydrogens (tertiary/aromatic N) is 1. The smallest absolute Gasteiger partial charge is 0.153 e. The molecule has 5 rings (SSSR count). The number of halogens is 1. The monoisotopic (exact) mass is 493 g/mol. The molecule has 1 aliphatic rings. The van der Waals surface area contributed by atoms with Crippen molar-refractivity contribution < 1.29 is 24.1 Å². The molecule has 1 unspecified atom stereocenters. The van der Waals surface area contributed by atoms with Gasteiger partial charge in [-0.1, -0.05) is 0 Å². The Bertz CT molecular complexity index is 1290. The largest absolute Gasteiger partial charge is 0.508 e. The van der Waals surface area contributed by atoms with Crippen molar-refractivity contribution >= 4 is 21.4 Å². The Balaban J connectivity index is 1.32. The Kier molecular flexibility index (Phi) is 6.79.